The second-order valence-electron chi connectivity index (χ2n) is 9.31. The van der Waals surface area contributed by atoms with Gasteiger partial charge in [0.1, 0.15) is 24.2 Å². The van der Waals surface area contributed by atoms with Gasteiger partial charge in [-0.25, -0.2) is 0 Å². The molecule has 2 saturated heterocycles. The van der Waals surface area contributed by atoms with Gasteiger partial charge >= 0.3 is 0 Å². The molecule has 0 aliphatic carbocycles. The Hall–Kier alpha value is -2.89. The number of carbonyl (C=O) groups is 5. The molecule has 2 aliphatic rings. The van der Waals surface area contributed by atoms with Crippen molar-refractivity contribution in [1.82, 2.24) is 26.2 Å². The lowest BCUT2D eigenvalue weighted by molar-refractivity contribution is -0.142. The number of benzene rings is 1. The molecule has 5 amide bonds. The average Bonchev–Trinajstić information content (AvgIpc) is 3.21. The van der Waals surface area contributed by atoms with Gasteiger partial charge in [-0.15, -0.1) is 23.2 Å². The van der Waals surface area contributed by atoms with E-state index in [1.165, 1.54) is 4.90 Å². The summed E-state index contributed by atoms with van der Waals surface area (Å²) in [6.45, 7) is 2.64. The highest BCUT2D eigenvalue weighted by molar-refractivity contribution is 6.32. The number of aliphatic hydroxyl groups excluding tert-OH is 1. The highest BCUT2D eigenvalue weighted by Gasteiger charge is 2.48. The fourth-order valence-electron chi connectivity index (χ4n) is 4.55. The molecule has 0 radical (unpaired) electrons. The molecule has 208 valence electrons. The van der Waals surface area contributed by atoms with Crippen molar-refractivity contribution in [2.75, 3.05) is 13.2 Å². The Balaban J connectivity index is 2.00. The van der Waals surface area contributed by atoms with Crippen LogP contribution in [0.3, 0.4) is 0 Å². The molecular formula is C25H33Cl2N5O6. The number of aliphatic hydroxyl groups is 1. The zero-order valence-corrected chi connectivity index (χ0v) is 22.7. The largest absolute Gasteiger partial charge is 0.394 e. The van der Waals surface area contributed by atoms with Crippen molar-refractivity contribution < 1.29 is 29.1 Å². The third kappa shape index (κ3) is 6.75. The summed E-state index contributed by atoms with van der Waals surface area (Å²) in [5.41, 5.74) is 0.618. The predicted octanol–water partition coefficient (Wildman–Crippen LogP) is -0.0601. The maximum absolute atomic E-state index is 13.5. The van der Waals surface area contributed by atoms with Gasteiger partial charge in [-0.05, 0) is 18.4 Å². The number of nitrogens with one attached hydrogen (secondary N) is 4. The molecule has 0 spiro atoms. The van der Waals surface area contributed by atoms with Crippen LogP contribution in [0.4, 0.5) is 0 Å². The molecule has 1 aromatic rings. The van der Waals surface area contributed by atoms with Crippen LogP contribution in [0.25, 0.3) is 0 Å². The van der Waals surface area contributed by atoms with E-state index < -0.39 is 77.1 Å². The Labute approximate surface area is 231 Å². The summed E-state index contributed by atoms with van der Waals surface area (Å²) < 4.78 is 0. The molecule has 2 aliphatic heterocycles. The molecular weight excluding hydrogens is 537 g/mol. The highest BCUT2D eigenvalue weighted by atomic mass is 35.5. The Morgan fingerprint density at radius 2 is 1.45 bits per heavy atom. The molecule has 2 heterocycles. The first-order valence-corrected chi connectivity index (χ1v) is 13.4. The van der Waals surface area contributed by atoms with Gasteiger partial charge in [-0.2, -0.15) is 0 Å². The van der Waals surface area contributed by atoms with Crippen LogP contribution < -0.4 is 21.3 Å². The van der Waals surface area contributed by atoms with Crippen LogP contribution in [0.1, 0.15) is 44.7 Å². The van der Waals surface area contributed by atoms with E-state index >= 15 is 0 Å². The number of carbonyl (C=O) groups excluding carboxylic acids is 5. The zero-order valence-electron chi connectivity index (χ0n) is 21.2. The second-order valence-corrected chi connectivity index (χ2v) is 10.4. The highest BCUT2D eigenvalue weighted by Crippen LogP contribution is 2.29. The standard InChI is InChI=1S/C25H33Cl2N5O6/c1-3-15-22(35)31-18(12-33)23(36)30-17(13-8-6-5-7-9-13)10-19(34)28-16(4-2)25(38)32-11-14(26)20(27)21(32)24(37)29-15/h5-9,14-18,20-21,33H,3-4,10-12H2,1-2H3,(H,28,34)(H,29,37)(H,30,36)(H,31,35)/t14-,15-,16+,17-,18+,20-,21+/m1/s1. The van der Waals surface area contributed by atoms with Crippen LogP contribution in [0, 0.1) is 0 Å². The summed E-state index contributed by atoms with van der Waals surface area (Å²) in [7, 11) is 0. The van der Waals surface area contributed by atoms with Crippen LogP contribution in [-0.4, -0.2) is 87.6 Å². The Morgan fingerprint density at radius 3 is 2.05 bits per heavy atom. The average molecular weight is 570 g/mol. The van der Waals surface area contributed by atoms with Gasteiger partial charge in [0, 0.05) is 6.54 Å². The molecule has 0 saturated carbocycles. The Morgan fingerprint density at radius 1 is 0.842 bits per heavy atom. The van der Waals surface area contributed by atoms with Crippen LogP contribution in [0.15, 0.2) is 30.3 Å². The third-order valence-corrected chi connectivity index (χ3v) is 7.79. The van der Waals surface area contributed by atoms with Crippen molar-refractivity contribution in [3.05, 3.63) is 35.9 Å². The summed E-state index contributed by atoms with van der Waals surface area (Å²) in [6, 6.07) is 3.36. The van der Waals surface area contributed by atoms with Crippen LogP contribution in [0.5, 0.6) is 0 Å². The van der Waals surface area contributed by atoms with Gasteiger partial charge in [-0.3, -0.25) is 24.0 Å². The molecule has 2 fully saturated rings. The lowest BCUT2D eigenvalue weighted by atomic mass is 10.0. The van der Waals surface area contributed by atoms with E-state index in [0.717, 1.165) is 0 Å². The summed E-state index contributed by atoms with van der Waals surface area (Å²) in [4.78, 5) is 67.0. The first kappa shape index (κ1) is 29.7. The lowest BCUT2D eigenvalue weighted by Gasteiger charge is -2.31. The van der Waals surface area contributed by atoms with E-state index in [1.54, 1.807) is 44.2 Å². The van der Waals surface area contributed by atoms with Gasteiger partial charge in [0.05, 0.1) is 29.8 Å². The first-order valence-electron chi connectivity index (χ1n) is 12.6. The monoisotopic (exact) mass is 569 g/mol. The zero-order chi connectivity index (χ0) is 28.0. The fraction of sp³-hybridized carbons (Fsp3) is 0.560. The smallest absolute Gasteiger partial charge is 0.245 e. The van der Waals surface area contributed by atoms with E-state index in [9.17, 15) is 29.1 Å². The number of nitrogens with zero attached hydrogens (tertiary/aromatic N) is 1. The number of halogens is 2. The topological polar surface area (TPSA) is 157 Å². The van der Waals surface area contributed by atoms with E-state index in [4.69, 9.17) is 23.2 Å². The maximum atomic E-state index is 13.5. The van der Waals surface area contributed by atoms with Crippen molar-refractivity contribution in [2.24, 2.45) is 0 Å². The van der Waals surface area contributed by atoms with Gasteiger partial charge in [-0.1, -0.05) is 44.2 Å². The minimum Gasteiger partial charge on any atom is -0.394 e. The van der Waals surface area contributed by atoms with Gasteiger partial charge in [0.25, 0.3) is 0 Å². The van der Waals surface area contributed by atoms with E-state index in [1.807, 2.05) is 0 Å². The minimum absolute atomic E-state index is 0.0166. The van der Waals surface area contributed by atoms with Crippen LogP contribution >= 0.6 is 23.2 Å². The van der Waals surface area contributed by atoms with Crippen molar-refractivity contribution in [3.8, 4) is 0 Å². The van der Waals surface area contributed by atoms with Crippen LogP contribution in [-0.2, 0) is 24.0 Å². The molecule has 1 aromatic carbocycles. The molecule has 0 aromatic heterocycles. The maximum Gasteiger partial charge on any atom is 0.245 e. The molecule has 3 rings (SSSR count). The number of hydrogen-bond donors (Lipinski definition) is 5. The first-order chi connectivity index (χ1) is 18.1. The van der Waals surface area contributed by atoms with Crippen molar-refractivity contribution in [1.29, 1.82) is 0 Å². The normalized spacial score (nSPS) is 31.7. The lowest BCUT2D eigenvalue weighted by Crippen LogP contribution is -2.60. The summed E-state index contributed by atoms with van der Waals surface area (Å²) in [5, 5.41) is 18.6. The Bertz CT molecular complexity index is 1040. The molecule has 11 nitrogen and oxygen atoms in total. The molecule has 5 N–H and O–H groups in total. The van der Waals surface area contributed by atoms with Gasteiger partial charge in [0.2, 0.25) is 29.5 Å². The Kier molecular flexibility index (Phi) is 10.3. The van der Waals surface area contributed by atoms with Crippen molar-refractivity contribution >= 4 is 52.7 Å². The van der Waals surface area contributed by atoms with Crippen molar-refractivity contribution in [2.45, 2.75) is 74.1 Å². The summed E-state index contributed by atoms with van der Waals surface area (Å²) in [6.07, 6.45) is 0.170. The van der Waals surface area contributed by atoms with E-state index in [-0.39, 0.29) is 25.8 Å². The minimum atomic E-state index is -1.34. The molecule has 7 atom stereocenters. The fourth-order valence-corrected chi connectivity index (χ4v) is 5.17. The number of hydrogen-bond acceptors (Lipinski definition) is 6. The molecule has 0 bridgehead atoms. The predicted molar refractivity (Wildman–Crippen MR) is 140 cm³/mol. The molecule has 0 unspecified atom stereocenters. The second kappa shape index (κ2) is 13.3. The van der Waals surface area contributed by atoms with Gasteiger partial charge in [0.15, 0.2) is 0 Å². The number of alkyl halides is 2. The number of amides is 5. The van der Waals surface area contributed by atoms with Gasteiger partial charge < -0.3 is 31.3 Å². The SMILES string of the molecule is CC[C@@H]1NC(=O)C[C@H](c2ccccc2)NC(=O)[C@H](CO)NC(=O)[C@@H](CC)NC(=O)[C@@H]2[C@H](Cl)[C@H](Cl)CN2C1=O. The van der Waals surface area contributed by atoms with Crippen molar-refractivity contribution in [3.63, 3.8) is 0 Å². The van der Waals surface area contributed by atoms with E-state index in [0.29, 0.717) is 5.56 Å². The number of fused-ring (bicyclic) bond motifs is 1. The third-order valence-electron chi connectivity index (χ3n) is 6.71. The summed E-state index contributed by atoms with van der Waals surface area (Å²) in [5.74, 6) is -3.16. The van der Waals surface area contributed by atoms with Crippen LogP contribution in [0.2, 0.25) is 0 Å². The quantitative estimate of drug-likeness (QED) is 0.320. The number of rotatable bonds is 4. The molecule has 38 heavy (non-hydrogen) atoms. The molecule has 13 heteroatoms. The van der Waals surface area contributed by atoms with E-state index in [2.05, 4.69) is 21.3 Å². The summed E-state index contributed by atoms with van der Waals surface area (Å²) >= 11 is 12.8.